The number of piperidine rings is 1. The minimum atomic E-state index is -3.59. The number of quaternary nitrogens is 1. The maximum absolute atomic E-state index is 15.4. The van der Waals surface area contributed by atoms with E-state index in [0.29, 0.717) is 25.9 Å². The van der Waals surface area contributed by atoms with E-state index in [2.05, 4.69) is 0 Å². The van der Waals surface area contributed by atoms with Gasteiger partial charge in [-0.15, -0.1) is 16.7 Å². The molecule has 1 heterocycles. The van der Waals surface area contributed by atoms with Crippen molar-refractivity contribution in [3.63, 3.8) is 0 Å². The smallest absolute Gasteiger partial charge is 0.200 e. The van der Waals surface area contributed by atoms with Crippen LogP contribution in [0, 0.1) is 74.9 Å². The van der Waals surface area contributed by atoms with Crippen molar-refractivity contribution in [3.8, 4) is 0 Å². The zero-order valence-electron chi connectivity index (χ0n) is 21.7. The lowest BCUT2D eigenvalue weighted by Crippen LogP contribution is -3.18. The monoisotopic (exact) mass is 567 g/mol. The van der Waals surface area contributed by atoms with Crippen molar-refractivity contribution in [3.05, 3.63) is 58.2 Å². The highest BCUT2D eigenvalue weighted by Gasteiger charge is 2.69. The number of rotatable bonds is 4. The Hall–Kier alpha value is -2.24. The molecule has 0 radical (unpaired) electrons. The van der Waals surface area contributed by atoms with Gasteiger partial charge in [-0.2, -0.15) is 0 Å². The van der Waals surface area contributed by atoms with Crippen molar-refractivity contribution < 1.29 is 48.8 Å². The van der Waals surface area contributed by atoms with Gasteiger partial charge in [-0.05, 0) is 31.1 Å². The van der Waals surface area contributed by atoms with Gasteiger partial charge in [-0.1, -0.05) is 33.1 Å². The minimum Gasteiger partial charge on any atom is -0.334 e. The van der Waals surface area contributed by atoms with Crippen molar-refractivity contribution in [1.82, 2.24) is 0 Å². The number of benzene rings is 2. The average molecular weight is 567 g/mol. The van der Waals surface area contributed by atoms with Crippen LogP contribution in [0.5, 0.6) is 0 Å². The molecule has 3 aliphatic rings. The van der Waals surface area contributed by atoms with Gasteiger partial charge in [-0.25, -0.2) is 43.9 Å². The van der Waals surface area contributed by atoms with E-state index >= 15 is 17.6 Å². The number of hydrogen-bond donors (Lipinski definition) is 1. The summed E-state index contributed by atoms with van der Waals surface area (Å²) in [7, 11) is 0. The van der Waals surface area contributed by atoms with Crippen LogP contribution >= 0.6 is 0 Å². The fourth-order valence-corrected chi connectivity index (χ4v) is 8.78. The molecule has 0 amide bonds. The summed E-state index contributed by atoms with van der Waals surface area (Å²) in [5, 5.41) is 0. The van der Waals surface area contributed by atoms with Crippen molar-refractivity contribution in [2.45, 2.75) is 64.7 Å². The first-order valence-corrected chi connectivity index (χ1v) is 13.3. The topological polar surface area (TPSA) is 4.44 Å². The second-order valence-corrected chi connectivity index (χ2v) is 12.3. The predicted molar refractivity (Wildman–Crippen MR) is 126 cm³/mol. The van der Waals surface area contributed by atoms with E-state index in [1.807, 2.05) is 20.8 Å². The summed E-state index contributed by atoms with van der Waals surface area (Å²) in [6.07, 6.45) is 3.52. The molecule has 2 bridgehead atoms. The van der Waals surface area contributed by atoms with Gasteiger partial charge >= 0.3 is 0 Å². The van der Waals surface area contributed by atoms with Crippen LogP contribution in [0.1, 0.15) is 52.9 Å². The maximum Gasteiger partial charge on any atom is 0.200 e. The van der Waals surface area contributed by atoms with Crippen LogP contribution in [0.25, 0.3) is 0 Å². The third kappa shape index (κ3) is 3.71. The predicted octanol–water partition coefficient (Wildman–Crippen LogP) is 4.68. The van der Waals surface area contributed by atoms with E-state index in [-0.39, 0.29) is 0 Å². The molecule has 1 saturated heterocycles. The van der Waals surface area contributed by atoms with Crippen LogP contribution in [-0.2, 0) is 0 Å². The van der Waals surface area contributed by atoms with Gasteiger partial charge in [0.05, 0.1) is 25.8 Å². The molecular weight excluding hydrogens is 539 g/mol. The molecule has 214 valence electrons. The molecule has 0 spiro atoms. The maximum atomic E-state index is 15.4. The molecule has 2 saturated carbocycles. The highest BCUT2D eigenvalue weighted by Crippen LogP contribution is 2.69. The largest absolute Gasteiger partial charge is 0.334 e. The van der Waals surface area contributed by atoms with Crippen LogP contribution in [-0.4, -0.2) is 25.8 Å². The molecule has 2 aliphatic carbocycles. The Morgan fingerprint density at radius 3 is 1.38 bits per heavy atom. The summed E-state index contributed by atoms with van der Waals surface area (Å²) >= 11 is 0. The Morgan fingerprint density at radius 2 is 0.974 bits per heavy atom. The summed E-state index contributed by atoms with van der Waals surface area (Å²) in [5.41, 5.74) is -4.19. The molecule has 5 rings (SSSR count). The Morgan fingerprint density at radius 1 is 0.590 bits per heavy atom. The fourth-order valence-electron chi connectivity index (χ4n) is 8.78. The first-order valence-electron chi connectivity index (χ1n) is 13.3. The molecule has 2 aromatic carbocycles. The molecule has 2 aromatic rings. The van der Waals surface area contributed by atoms with E-state index in [1.54, 1.807) is 0 Å². The highest BCUT2D eigenvalue weighted by atomic mass is 19.2. The van der Waals surface area contributed by atoms with E-state index in [1.165, 1.54) is 0 Å². The third-order valence-electron chi connectivity index (χ3n) is 10.8. The third-order valence-corrected chi connectivity index (χ3v) is 10.8. The Bertz CT molecular complexity index is 1210. The zero-order chi connectivity index (χ0) is 28.8. The number of nitrogens with one attached hydrogen (secondary N) is 1. The number of fused-ring (bicyclic) bond motifs is 2. The highest BCUT2D eigenvalue weighted by molar-refractivity contribution is 6.86. The van der Waals surface area contributed by atoms with Gasteiger partial charge in [0.25, 0.3) is 0 Å². The molecule has 1 aliphatic heterocycles. The quantitative estimate of drug-likeness (QED) is 0.237. The molecule has 1 nitrogen and oxygen atoms in total. The molecule has 0 unspecified atom stereocenters. The molecule has 12 heteroatoms. The lowest BCUT2D eigenvalue weighted by atomic mass is 9.29. The second-order valence-electron chi connectivity index (χ2n) is 12.3. The first-order chi connectivity index (χ1) is 18.2. The van der Waals surface area contributed by atoms with E-state index in [9.17, 15) is 26.3 Å². The van der Waals surface area contributed by atoms with E-state index in [0.717, 1.165) is 24.2 Å². The van der Waals surface area contributed by atoms with Gasteiger partial charge in [0, 0.05) is 5.41 Å². The van der Waals surface area contributed by atoms with Crippen LogP contribution in [0.4, 0.5) is 43.9 Å². The number of likely N-dealkylation sites (tertiary alicyclic amines) is 1. The van der Waals surface area contributed by atoms with Gasteiger partial charge in [0.15, 0.2) is 34.9 Å². The summed E-state index contributed by atoms with van der Waals surface area (Å²) in [4.78, 5) is 0.953. The van der Waals surface area contributed by atoms with E-state index in [4.69, 9.17) is 0 Å². The van der Waals surface area contributed by atoms with Gasteiger partial charge in [0.2, 0.25) is 0 Å². The van der Waals surface area contributed by atoms with Crippen LogP contribution in [0.2, 0.25) is 5.82 Å². The lowest BCUT2D eigenvalue weighted by Gasteiger charge is -2.49. The summed E-state index contributed by atoms with van der Waals surface area (Å²) in [5.74, 6) is -25.2. The van der Waals surface area contributed by atoms with Gasteiger partial charge < -0.3 is 4.90 Å². The van der Waals surface area contributed by atoms with Gasteiger partial charge in [-0.3, -0.25) is 0 Å². The number of hydrogen-bond acceptors (Lipinski definition) is 0. The average Bonchev–Trinajstić information content (AvgIpc) is 3.25. The normalized spacial score (nSPS) is 28.6. The Balaban J connectivity index is 1.88. The molecular formula is C27H28BF10N. The Kier molecular flexibility index (Phi) is 6.83. The molecule has 1 N–H and O–H groups in total. The van der Waals surface area contributed by atoms with Crippen molar-refractivity contribution in [2.24, 2.45) is 16.7 Å². The lowest BCUT2D eigenvalue weighted by molar-refractivity contribution is -0.937. The zero-order valence-corrected chi connectivity index (χ0v) is 21.7. The van der Waals surface area contributed by atoms with Gasteiger partial charge in [0.1, 0.15) is 23.3 Å². The molecule has 39 heavy (non-hydrogen) atoms. The van der Waals surface area contributed by atoms with Crippen LogP contribution in [0.3, 0.4) is 0 Å². The standard InChI is InChI=1S/C27H27BF10N/c1-26(2)11-7-8-27(26,3)25(39-9-5-4-6-10-39)12(11)28(13-15(29)19(33)23(37)20(34)16(13)30)14-17(31)21(35)24(38)22(36)18(14)32/h11-12,25,28H,4-10H2,1-3H3/q-1/p+1/t11-,12+,25-,27+/m1/s1. The summed E-state index contributed by atoms with van der Waals surface area (Å²) in [6, 6.07) is -0.573. The Labute approximate surface area is 219 Å². The number of halogens is 10. The molecule has 3 fully saturated rings. The van der Waals surface area contributed by atoms with E-state index < -0.39 is 104 Å². The summed E-state index contributed by atoms with van der Waals surface area (Å²) in [6.45, 7) is 3.31. The van der Waals surface area contributed by atoms with Crippen LogP contribution < -0.4 is 15.8 Å². The molecule has 4 atom stereocenters. The SMILES string of the molecule is CC1(C)[C@@H]2CC[C@@]1(C)[C@H]([NH+]1CCCCC1)[C@H]2[BH-](c1c(F)c(F)c(F)c(F)c1F)c1c(F)c(F)c(F)c(F)c1F. The fraction of sp³-hybridized carbons (Fsp3) is 0.556. The molecule has 0 aromatic heterocycles. The second kappa shape index (κ2) is 9.41. The van der Waals surface area contributed by atoms with Crippen molar-refractivity contribution in [2.75, 3.05) is 13.1 Å². The summed E-state index contributed by atoms with van der Waals surface area (Å²) < 4.78 is 148. The van der Waals surface area contributed by atoms with Crippen LogP contribution in [0.15, 0.2) is 0 Å². The van der Waals surface area contributed by atoms with Crippen molar-refractivity contribution >= 4 is 17.6 Å². The van der Waals surface area contributed by atoms with Crippen molar-refractivity contribution in [1.29, 1.82) is 0 Å². The first kappa shape index (κ1) is 28.3. The minimum absolute atomic E-state index is 0.409.